The summed E-state index contributed by atoms with van der Waals surface area (Å²) in [6.45, 7) is 5.75. The summed E-state index contributed by atoms with van der Waals surface area (Å²) in [6.07, 6.45) is 2.39. The second-order valence-electron chi connectivity index (χ2n) is 4.68. The molecule has 0 aliphatic carbocycles. The van der Waals surface area contributed by atoms with Gasteiger partial charge in [0.1, 0.15) is 0 Å². The lowest BCUT2D eigenvalue weighted by Crippen LogP contribution is -2.60. The SMILES string of the molecule is CC(CN(C)C)N1CC2CC(C1)O2. The molecule has 3 nitrogen and oxygen atoms in total. The van der Waals surface area contributed by atoms with Crippen molar-refractivity contribution in [2.75, 3.05) is 33.7 Å². The van der Waals surface area contributed by atoms with Crippen molar-refractivity contribution in [3.63, 3.8) is 0 Å². The van der Waals surface area contributed by atoms with Crippen LogP contribution in [0.5, 0.6) is 0 Å². The van der Waals surface area contributed by atoms with Gasteiger partial charge in [-0.3, -0.25) is 4.90 Å². The van der Waals surface area contributed by atoms with E-state index in [1.807, 2.05) is 0 Å². The quantitative estimate of drug-likeness (QED) is 0.632. The highest BCUT2D eigenvalue weighted by Crippen LogP contribution is 2.28. The molecule has 3 heterocycles. The number of morpholine rings is 1. The molecule has 76 valence electrons. The van der Waals surface area contributed by atoms with Gasteiger partial charge in [-0.25, -0.2) is 0 Å². The first-order valence-corrected chi connectivity index (χ1v) is 5.19. The lowest BCUT2D eigenvalue weighted by molar-refractivity contribution is -0.187. The molecule has 0 saturated carbocycles. The van der Waals surface area contributed by atoms with Crippen molar-refractivity contribution in [2.45, 2.75) is 31.6 Å². The Morgan fingerprint density at radius 2 is 1.92 bits per heavy atom. The van der Waals surface area contributed by atoms with Gasteiger partial charge in [-0.2, -0.15) is 0 Å². The Hall–Kier alpha value is -0.120. The summed E-state index contributed by atoms with van der Waals surface area (Å²) >= 11 is 0. The van der Waals surface area contributed by atoms with E-state index in [0.29, 0.717) is 18.2 Å². The van der Waals surface area contributed by atoms with E-state index in [-0.39, 0.29) is 0 Å². The second kappa shape index (κ2) is 3.56. The normalized spacial score (nSPS) is 36.0. The predicted octanol–water partition coefficient (Wildman–Crippen LogP) is 0.410. The Morgan fingerprint density at radius 1 is 1.38 bits per heavy atom. The van der Waals surface area contributed by atoms with Crippen molar-refractivity contribution in [1.29, 1.82) is 0 Å². The first-order valence-electron chi connectivity index (χ1n) is 5.19. The maximum atomic E-state index is 5.61. The number of rotatable bonds is 3. The molecular weight excluding hydrogens is 164 g/mol. The third kappa shape index (κ3) is 2.03. The smallest absolute Gasteiger partial charge is 0.0731 e. The minimum atomic E-state index is 0.545. The summed E-state index contributed by atoms with van der Waals surface area (Å²) in [7, 11) is 4.27. The number of likely N-dealkylation sites (N-methyl/N-ethyl adjacent to an activating group) is 1. The average molecular weight is 184 g/mol. The molecule has 3 unspecified atom stereocenters. The Labute approximate surface area is 80.6 Å². The van der Waals surface area contributed by atoms with Crippen molar-refractivity contribution in [1.82, 2.24) is 9.80 Å². The van der Waals surface area contributed by atoms with E-state index < -0.39 is 0 Å². The number of ether oxygens (including phenoxy) is 1. The molecule has 2 bridgehead atoms. The van der Waals surface area contributed by atoms with E-state index in [1.165, 1.54) is 6.42 Å². The maximum absolute atomic E-state index is 5.61. The molecule has 0 N–H and O–H groups in total. The van der Waals surface area contributed by atoms with Crippen LogP contribution in [0.1, 0.15) is 13.3 Å². The second-order valence-corrected chi connectivity index (χ2v) is 4.68. The van der Waals surface area contributed by atoms with Gasteiger partial charge in [-0.05, 0) is 21.0 Å². The Bertz CT molecular complexity index is 168. The van der Waals surface area contributed by atoms with Gasteiger partial charge >= 0.3 is 0 Å². The van der Waals surface area contributed by atoms with Crippen LogP contribution in [0.3, 0.4) is 0 Å². The summed E-state index contributed by atoms with van der Waals surface area (Å²) in [5, 5.41) is 0. The standard InChI is InChI=1S/C10H20N2O/c1-8(5-11(2)3)12-6-9-4-10(7-12)13-9/h8-10H,4-7H2,1-3H3. The van der Waals surface area contributed by atoms with E-state index in [0.717, 1.165) is 19.6 Å². The molecule has 3 atom stereocenters. The van der Waals surface area contributed by atoms with Crippen molar-refractivity contribution in [2.24, 2.45) is 0 Å². The Kier molecular flexibility index (Phi) is 2.58. The van der Waals surface area contributed by atoms with Gasteiger partial charge in [0.25, 0.3) is 0 Å². The summed E-state index contributed by atoms with van der Waals surface area (Å²) < 4.78 is 5.61. The summed E-state index contributed by atoms with van der Waals surface area (Å²) in [5.41, 5.74) is 0. The maximum Gasteiger partial charge on any atom is 0.0731 e. The molecule has 0 aromatic heterocycles. The average Bonchev–Trinajstić information content (AvgIpc) is 2.02. The fourth-order valence-electron chi connectivity index (χ4n) is 2.39. The highest BCUT2D eigenvalue weighted by atomic mass is 16.5. The van der Waals surface area contributed by atoms with Crippen LogP contribution in [-0.4, -0.2) is 61.8 Å². The minimum Gasteiger partial charge on any atom is -0.372 e. The lowest BCUT2D eigenvalue weighted by atomic mass is 9.97. The molecule has 3 heteroatoms. The third-order valence-electron chi connectivity index (χ3n) is 3.04. The fourth-order valence-corrected chi connectivity index (χ4v) is 2.39. The number of hydrogen-bond donors (Lipinski definition) is 0. The van der Waals surface area contributed by atoms with Crippen molar-refractivity contribution in [3.05, 3.63) is 0 Å². The molecule has 0 radical (unpaired) electrons. The number of hydrogen-bond acceptors (Lipinski definition) is 3. The molecule has 13 heavy (non-hydrogen) atoms. The van der Waals surface area contributed by atoms with Gasteiger partial charge in [0.15, 0.2) is 0 Å². The highest BCUT2D eigenvalue weighted by Gasteiger charge is 2.39. The summed E-state index contributed by atoms with van der Waals surface area (Å²) in [6, 6.07) is 0.671. The van der Waals surface area contributed by atoms with Gasteiger partial charge in [0, 0.05) is 32.1 Å². The number of fused-ring (bicyclic) bond motifs is 2. The fraction of sp³-hybridized carbons (Fsp3) is 1.00. The molecule has 0 aromatic carbocycles. The molecular formula is C10H20N2O. The largest absolute Gasteiger partial charge is 0.372 e. The topological polar surface area (TPSA) is 15.7 Å². The molecule has 3 aliphatic rings. The van der Waals surface area contributed by atoms with E-state index in [2.05, 4.69) is 30.8 Å². The molecule has 0 aromatic rings. The Balaban J connectivity index is 1.80. The highest BCUT2D eigenvalue weighted by molar-refractivity contribution is 4.91. The van der Waals surface area contributed by atoms with Crippen LogP contribution < -0.4 is 0 Å². The van der Waals surface area contributed by atoms with Crippen LogP contribution in [0.25, 0.3) is 0 Å². The Morgan fingerprint density at radius 3 is 2.38 bits per heavy atom. The molecule has 3 saturated heterocycles. The lowest BCUT2D eigenvalue weighted by Gasteiger charge is -2.49. The molecule has 3 rings (SSSR count). The van der Waals surface area contributed by atoms with Crippen LogP contribution in [0.2, 0.25) is 0 Å². The zero-order valence-electron chi connectivity index (χ0n) is 8.86. The van der Waals surface area contributed by atoms with Gasteiger partial charge < -0.3 is 9.64 Å². The van der Waals surface area contributed by atoms with Gasteiger partial charge in [-0.15, -0.1) is 0 Å². The van der Waals surface area contributed by atoms with Crippen molar-refractivity contribution < 1.29 is 4.74 Å². The van der Waals surface area contributed by atoms with Gasteiger partial charge in [0.2, 0.25) is 0 Å². The monoisotopic (exact) mass is 184 g/mol. The molecule has 0 amide bonds. The minimum absolute atomic E-state index is 0.545. The molecule has 3 fully saturated rings. The van der Waals surface area contributed by atoms with Crippen LogP contribution in [0.4, 0.5) is 0 Å². The van der Waals surface area contributed by atoms with Crippen LogP contribution >= 0.6 is 0 Å². The van der Waals surface area contributed by atoms with E-state index in [9.17, 15) is 0 Å². The summed E-state index contributed by atoms with van der Waals surface area (Å²) in [4.78, 5) is 4.81. The predicted molar refractivity (Wildman–Crippen MR) is 52.9 cm³/mol. The number of nitrogens with zero attached hydrogens (tertiary/aromatic N) is 2. The number of piperidine rings is 1. The van der Waals surface area contributed by atoms with Crippen LogP contribution in [0.15, 0.2) is 0 Å². The van der Waals surface area contributed by atoms with Crippen LogP contribution in [-0.2, 0) is 4.74 Å². The van der Waals surface area contributed by atoms with E-state index in [1.54, 1.807) is 0 Å². The first kappa shape index (κ1) is 9.44. The zero-order chi connectivity index (χ0) is 9.42. The molecule has 3 aliphatic heterocycles. The van der Waals surface area contributed by atoms with Gasteiger partial charge in [0.05, 0.1) is 12.2 Å². The van der Waals surface area contributed by atoms with Gasteiger partial charge in [-0.1, -0.05) is 0 Å². The molecule has 0 spiro atoms. The van der Waals surface area contributed by atoms with Crippen molar-refractivity contribution in [3.8, 4) is 0 Å². The van der Waals surface area contributed by atoms with Crippen molar-refractivity contribution >= 4 is 0 Å². The third-order valence-corrected chi connectivity index (χ3v) is 3.04. The first-order chi connectivity index (χ1) is 6.15. The van der Waals surface area contributed by atoms with E-state index in [4.69, 9.17) is 4.74 Å². The van der Waals surface area contributed by atoms with Crippen LogP contribution in [0, 0.1) is 0 Å². The summed E-state index contributed by atoms with van der Waals surface area (Å²) in [5.74, 6) is 0. The van der Waals surface area contributed by atoms with E-state index >= 15 is 0 Å². The zero-order valence-corrected chi connectivity index (χ0v) is 8.86.